The van der Waals surface area contributed by atoms with Crippen LogP contribution in [0.25, 0.3) is 11.3 Å². The largest absolute Gasteiger partial charge is 0.497 e. The minimum Gasteiger partial charge on any atom is -0.497 e. The molecule has 0 aliphatic carbocycles. The van der Waals surface area contributed by atoms with Gasteiger partial charge in [0.25, 0.3) is 5.91 Å². The Kier molecular flexibility index (Phi) is 6.00. The second-order valence-electron chi connectivity index (χ2n) is 5.60. The van der Waals surface area contributed by atoms with Crippen molar-refractivity contribution in [3.05, 3.63) is 47.3 Å². The van der Waals surface area contributed by atoms with Crippen LogP contribution in [0.1, 0.15) is 10.4 Å². The summed E-state index contributed by atoms with van der Waals surface area (Å²) in [5.41, 5.74) is 2.02. The first-order valence-corrected chi connectivity index (χ1v) is 9.19. The SMILES string of the molecule is COc1ccc(-c2csc(NC(=O)c3ccc(OC)c(OC)c3OC)n2)cc1. The fraction of sp³-hybridized carbons (Fsp3) is 0.200. The highest BCUT2D eigenvalue weighted by atomic mass is 32.1. The molecule has 146 valence electrons. The van der Waals surface area contributed by atoms with E-state index in [1.54, 1.807) is 19.2 Å². The van der Waals surface area contributed by atoms with Crippen LogP contribution >= 0.6 is 11.3 Å². The van der Waals surface area contributed by atoms with Crippen molar-refractivity contribution >= 4 is 22.4 Å². The molecule has 0 radical (unpaired) electrons. The fourth-order valence-electron chi connectivity index (χ4n) is 2.67. The van der Waals surface area contributed by atoms with Gasteiger partial charge in [-0.2, -0.15) is 0 Å². The number of nitrogens with zero attached hydrogens (tertiary/aromatic N) is 1. The summed E-state index contributed by atoms with van der Waals surface area (Å²) >= 11 is 1.34. The average Bonchev–Trinajstić information content (AvgIpc) is 3.20. The van der Waals surface area contributed by atoms with Crippen molar-refractivity contribution in [1.82, 2.24) is 4.98 Å². The van der Waals surface area contributed by atoms with Crippen molar-refractivity contribution in [2.24, 2.45) is 0 Å². The molecule has 0 atom stereocenters. The topological polar surface area (TPSA) is 78.9 Å². The zero-order valence-electron chi connectivity index (χ0n) is 15.9. The average molecular weight is 400 g/mol. The number of benzene rings is 2. The molecule has 0 bridgehead atoms. The standard InChI is InChI=1S/C20H20N2O5S/c1-24-13-7-5-12(6-8-13)15-11-28-20(21-15)22-19(23)14-9-10-16(25-2)18(27-4)17(14)26-3/h5-11H,1-4H3,(H,21,22,23). The number of aromatic nitrogens is 1. The molecule has 0 saturated carbocycles. The van der Waals surface area contributed by atoms with Gasteiger partial charge in [-0.3, -0.25) is 10.1 Å². The second-order valence-corrected chi connectivity index (χ2v) is 6.46. The van der Waals surface area contributed by atoms with Gasteiger partial charge in [-0.15, -0.1) is 11.3 Å². The zero-order valence-corrected chi connectivity index (χ0v) is 16.8. The maximum absolute atomic E-state index is 12.8. The van der Waals surface area contributed by atoms with Gasteiger partial charge >= 0.3 is 0 Å². The van der Waals surface area contributed by atoms with E-state index < -0.39 is 0 Å². The summed E-state index contributed by atoms with van der Waals surface area (Å²) < 4.78 is 21.1. The molecule has 1 heterocycles. The lowest BCUT2D eigenvalue weighted by Crippen LogP contribution is -2.13. The van der Waals surface area contributed by atoms with Crippen LogP contribution in [0.2, 0.25) is 0 Å². The lowest BCUT2D eigenvalue weighted by molar-refractivity contribution is 0.102. The molecule has 0 spiro atoms. The summed E-state index contributed by atoms with van der Waals surface area (Å²) in [5.74, 6) is 1.55. The maximum atomic E-state index is 12.8. The molecule has 0 aliphatic heterocycles. The Morgan fingerprint density at radius 3 is 2.21 bits per heavy atom. The van der Waals surface area contributed by atoms with Crippen molar-refractivity contribution in [2.75, 3.05) is 33.8 Å². The number of rotatable bonds is 7. The molecular formula is C20H20N2O5S. The number of methoxy groups -OCH3 is 4. The van der Waals surface area contributed by atoms with Gasteiger partial charge in [0.2, 0.25) is 5.75 Å². The molecular weight excluding hydrogens is 380 g/mol. The summed E-state index contributed by atoms with van der Waals surface area (Å²) in [5, 5.41) is 5.16. The Bertz CT molecular complexity index is 969. The second kappa shape index (κ2) is 8.62. The quantitative estimate of drug-likeness (QED) is 0.643. The van der Waals surface area contributed by atoms with Gasteiger partial charge in [-0.25, -0.2) is 4.98 Å². The Morgan fingerprint density at radius 2 is 1.61 bits per heavy atom. The number of thiazole rings is 1. The smallest absolute Gasteiger partial charge is 0.261 e. The highest BCUT2D eigenvalue weighted by molar-refractivity contribution is 7.14. The van der Waals surface area contributed by atoms with E-state index in [2.05, 4.69) is 10.3 Å². The maximum Gasteiger partial charge on any atom is 0.261 e. The Hall–Kier alpha value is -3.26. The first kappa shape index (κ1) is 19.5. The molecule has 0 fully saturated rings. The number of carbonyl (C=O) groups excluding carboxylic acids is 1. The van der Waals surface area contributed by atoms with E-state index in [9.17, 15) is 4.79 Å². The molecule has 8 heteroatoms. The number of anilines is 1. The highest BCUT2D eigenvalue weighted by Crippen LogP contribution is 2.40. The lowest BCUT2D eigenvalue weighted by Gasteiger charge is -2.15. The third-order valence-electron chi connectivity index (χ3n) is 4.06. The number of carbonyl (C=O) groups is 1. The Labute approximate surface area is 166 Å². The van der Waals surface area contributed by atoms with Crippen LogP contribution < -0.4 is 24.3 Å². The summed E-state index contributed by atoms with van der Waals surface area (Å²) in [7, 11) is 6.10. The van der Waals surface area contributed by atoms with E-state index in [4.69, 9.17) is 18.9 Å². The number of nitrogens with one attached hydrogen (secondary N) is 1. The van der Waals surface area contributed by atoms with E-state index >= 15 is 0 Å². The van der Waals surface area contributed by atoms with Crippen molar-refractivity contribution < 1.29 is 23.7 Å². The predicted molar refractivity (Wildman–Crippen MR) is 108 cm³/mol. The number of amides is 1. The lowest BCUT2D eigenvalue weighted by atomic mass is 10.1. The van der Waals surface area contributed by atoms with Crippen molar-refractivity contribution in [2.45, 2.75) is 0 Å². The monoisotopic (exact) mass is 400 g/mol. The van der Waals surface area contributed by atoms with Gasteiger partial charge in [0.1, 0.15) is 5.75 Å². The van der Waals surface area contributed by atoms with E-state index in [-0.39, 0.29) is 5.91 Å². The van der Waals surface area contributed by atoms with Crippen LogP contribution in [0, 0.1) is 0 Å². The highest BCUT2D eigenvalue weighted by Gasteiger charge is 2.21. The third kappa shape index (κ3) is 3.86. The van der Waals surface area contributed by atoms with Gasteiger partial charge in [-0.1, -0.05) is 0 Å². The van der Waals surface area contributed by atoms with Gasteiger partial charge in [0, 0.05) is 10.9 Å². The van der Waals surface area contributed by atoms with Crippen LogP contribution in [0.3, 0.4) is 0 Å². The van der Waals surface area contributed by atoms with E-state index in [0.29, 0.717) is 27.9 Å². The molecule has 7 nitrogen and oxygen atoms in total. The molecule has 1 N–H and O–H groups in total. The number of hydrogen-bond donors (Lipinski definition) is 1. The first-order valence-electron chi connectivity index (χ1n) is 8.31. The molecule has 0 saturated heterocycles. The summed E-state index contributed by atoms with van der Waals surface area (Å²) in [4.78, 5) is 17.2. The van der Waals surface area contributed by atoms with E-state index in [0.717, 1.165) is 17.0 Å². The normalized spacial score (nSPS) is 10.3. The van der Waals surface area contributed by atoms with Crippen LogP contribution in [0.15, 0.2) is 41.8 Å². The Balaban J connectivity index is 1.83. The van der Waals surface area contributed by atoms with Crippen molar-refractivity contribution in [3.8, 4) is 34.3 Å². The van der Waals surface area contributed by atoms with E-state index in [1.165, 1.54) is 32.7 Å². The molecule has 0 unspecified atom stereocenters. The van der Waals surface area contributed by atoms with Crippen LogP contribution in [0.4, 0.5) is 5.13 Å². The van der Waals surface area contributed by atoms with Gasteiger partial charge in [0.05, 0.1) is 39.7 Å². The third-order valence-corrected chi connectivity index (χ3v) is 4.82. The van der Waals surface area contributed by atoms with Gasteiger partial charge < -0.3 is 18.9 Å². The Morgan fingerprint density at radius 1 is 0.893 bits per heavy atom. The van der Waals surface area contributed by atoms with Crippen molar-refractivity contribution in [1.29, 1.82) is 0 Å². The summed E-state index contributed by atoms with van der Waals surface area (Å²) in [6.07, 6.45) is 0. The first-order chi connectivity index (χ1) is 13.6. The van der Waals surface area contributed by atoms with Crippen LogP contribution in [-0.2, 0) is 0 Å². The predicted octanol–water partition coefficient (Wildman–Crippen LogP) is 4.10. The van der Waals surface area contributed by atoms with Crippen LogP contribution in [-0.4, -0.2) is 39.3 Å². The van der Waals surface area contributed by atoms with Gasteiger partial charge in [-0.05, 0) is 36.4 Å². The molecule has 3 aromatic rings. The fourth-order valence-corrected chi connectivity index (χ4v) is 3.38. The number of hydrogen-bond acceptors (Lipinski definition) is 7. The minimum atomic E-state index is -0.353. The van der Waals surface area contributed by atoms with E-state index in [1.807, 2.05) is 29.6 Å². The van der Waals surface area contributed by atoms with Crippen molar-refractivity contribution in [3.63, 3.8) is 0 Å². The molecule has 2 aromatic carbocycles. The molecule has 3 rings (SSSR count). The summed E-state index contributed by atoms with van der Waals surface area (Å²) in [6, 6.07) is 10.8. The number of ether oxygens (including phenoxy) is 4. The summed E-state index contributed by atoms with van der Waals surface area (Å²) in [6.45, 7) is 0. The van der Waals surface area contributed by atoms with Gasteiger partial charge in [0.15, 0.2) is 16.6 Å². The minimum absolute atomic E-state index is 0.297. The molecule has 28 heavy (non-hydrogen) atoms. The zero-order chi connectivity index (χ0) is 20.1. The molecule has 1 aromatic heterocycles. The van der Waals surface area contributed by atoms with Crippen LogP contribution in [0.5, 0.6) is 23.0 Å². The molecule has 1 amide bonds. The molecule has 0 aliphatic rings.